The number of amides is 1. The van der Waals surface area contributed by atoms with Crippen molar-refractivity contribution in [2.24, 2.45) is 16.3 Å². The van der Waals surface area contributed by atoms with Gasteiger partial charge < -0.3 is 10.1 Å². The molecule has 5 heteroatoms. The molecule has 1 aliphatic carbocycles. The van der Waals surface area contributed by atoms with Gasteiger partial charge in [0.05, 0.1) is 12.7 Å². The summed E-state index contributed by atoms with van der Waals surface area (Å²) in [7, 11) is 1.66. The van der Waals surface area contributed by atoms with E-state index in [9.17, 15) is 4.79 Å². The highest BCUT2D eigenvalue weighted by Crippen LogP contribution is 2.45. The summed E-state index contributed by atoms with van der Waals surface area (Å²) in [6.07, 6.45) is 5.74. The Bertz CT molecular complexity index is 1190. The van der Waals surface area contributed by atoms with E-state index in [2.05, 4.69) is 39.1 Å². The first kappa shape index (κ1) is 24.2. The number of para-hydroxylation sites is 1. The van der Waals surface area contributed by atoms with Crippen molar-refractivity contribution in [1.82, 2.24) is 0 Å². The predicted molar refractivity (Wildman–Crippen MR) is 143 cm³/mol. The van der Waals surface area contributed by atoms with Gasteiger partial charge >= 0.3 is 0 Å². The van der Waals surface area contributed by atoms with Crippen LogP contribution >= 0.6 is 11.3 Å². The first-order valence-electron chi connectivity index (χ1n) is 12.0. The molecule has 0 spiro atoms. The third-order valence-electron chi connectivity index (χ3n) is 6.79. The number of fused-ring (bicyclic) bond motifs is 1. The molecule has 0 aliphatic heterocycles. The molecule has 0 bridgehead atoms. The summed E-state index contributed by atoms with van der Waals surface area (Å²) in [5.41, 5.74) is 5.15. The number of nitrogens with zero attached hydrogens (tertiary/aromatic N) is 1. The van der Waals surface area contributed by atoms with Crippen molar-refractivity contribution in [3.05, 3.63) is 75.7 Å². The van der Waals surface area contributed by atoms with Gasteiger partial charge in [-0.2, -0.15) is 0 Å². The van der Waals surface area contributed by atoms with Crippen LogP contribution < -0.4 is 10.1 Å². The van der Waals surface area contributed by atoms with E-state index < -0.39 is 0 Å². The number of carbonyl (C=O) groups excluding carboxylic acids is 1. The second kappa shape index (κ2) is 10.1. The normalized spacial score (nSPS) is 15.9. The van der Waals surface area contributed by atoms with Crippen LogP contribution in [0.25, 0.3) is 0 Å². The number of ether oxygens (including phenoxy) is 1. The van der Waals surface area contributed by atoms with E-state index in [1.54, 1.807) is 18.4 Å². The maximum absolute atomic E-state index is 13.6. The van der Waals surface area contributed by atoms with Crippen LogP contribution in [0, 0.1) is 11.3 Å². The fraction of sp³-hybridized carbons (Fsp3) is 0.379. The Morgan fingerprint density at radius 3 is 2.59 bits per heavy atom. The molecule has 3 aromatic rings. The highest BCUT2D eigenvalue weighted by Gasteiger charge is 2.33. The summed E-state index contributed by atoms with van der Waals surface area (Å²) in [4.78, 5) is 19.7. The number of hydrogen-bond donors (Lipinski definition) is 1. The molecular weight excluding hydrogens is 440 g/mol. The molecule has 0 radical (unpaired) electrons. The molecule has 1 aromatic heterocycles. The van der Waals surface area contributed by atoms with Gasteiger partial charge in [0.15, 0.2) is 0 Å². The van der Waals surface area contributed by atoms with Gasteiger partial charge in [0, 0.05) is 16.8 Å². The van der Waals surface area contributed by atoms with Gasteiger partial charge in [-0.15, -0.1) is 11.3 Å². The van der Waals surface area contributed by atoms with E-state index >= 15 is 0 Å². The summed E-state index contributed by atoms with van der Waals surface area (Å²) < 4.78 is 5.26. The van der Waals surface area contributed by atoms with Gasteiger partial charge in [-0.25, -0.2) is 4.99 Å². The lowest BCUT2D eigenvalue weighted by atomic mass is 9.72. The molecule has 178 valence electrons. The number of carbonyl (C=O) groups is 1. The minimum Gasteiger partial charge on any atom is -0.497 e. The van der Waals surface area contributed by atoms with E-state index in [1.165, 1.54) is 10.4 Å². The highest BCUT2D eigenvalue weighted by molar-refractivity contribution is 7.16. The summed E-state index contributed by atoms with van der Waals surface area (Å²) in [5.74, 6) is 1.36. The van der Waals surface area contributed by atoms with Crippen molar-refractivity contribution >= 4 is 34.1 Å². The zero-order valence-electron chi connectivity index (χ0n) is 20.8. The molecule has 1 atom stereocenters. The number of thiophene rings is 1. The van der Waals surface area contributed by atoms with Crippen molar-refractivity contribution in [3.63, 3.8) is 0 Å². The van der Waals surface area contributed by atoms with Crippen molar-refractivity contribution in [2.45, 2.75) is 53.4 Å². The lowest BCUT2D eigenvalue weighted by molar-refractivity contribution is 0.102. The van der Waals surface area contributed by atoms with Crippen LogP contribution in [0.3, 0.4) is 0 Å². The Kier molecular flexibility index (Phi) is 7.22. The Balaban J connectivity index is 1.70. The number of benzene rings is 2. The third kappa shape index (κ3) is 5.25. The average molecular weight is 475 g/mol. The molecule has 34 heavy (non-hydrogen) atoms. The molecule has 4 rings (SSSR count). The molecule has 1 heterocycles. The molecule has 4 nitrogen and oxygen atoms in total. The van der Waals surface area contributed by atoms with Crippen LogP contribution in [0.4, 0.5) is 10.7 Å². The van der Waals surface area contributed by atoms with Crippen LogP contribution in [0.5, 0.6) is 5.75 Å². The standard InChI is InChI=1S/C29H34N2O2S/c1-6-20-9-7-8-10-24(20)31-27(32)26-23-16-13-21(29(2,3)4)17-25(23)34-28(26)30-18-19-11-14-22(33-5)15-12-19/h7-12,14-15,18,21H,6,13,16-17H2,1-5H3,(H,31,32)/t21-/m1/s1. The zero-order chi connectivity index (χ0) is 24.3. The molecule has 1 N–H and O–H groups in total. The van der Waals surface area contributed by atoms with Gasteiger partial charge in [-0.1, -0.05) is 45.9 Å². The Hall–Kier alpha value is -2.92. The molecule has 0 unspecified atom stereocenters. The van der Waals surface area contributed by atoms with E-state index in [1.807, 2.05) is 48.7 Å². The second-order valence-electron chi connectivity index (χ2n) is 9.99. The van der Waals surface area contributed by atoms with Gasteiger partial charge in [0.2, 0.25) is 0 Å². The fourth-order valence-electron chi connectivity index (χ4n) is 4.59. The second-order valence-corrected chi connectivity index (χ2v) is 11.1. The smallest absolute Gasteiger partial charge is 0.259 e. The minimum atomic E-state index is -0.0607. The third-order valence-corrected chi connectivity index (χ3v) is 7.95. The van der Waals surface area contributed by atoms with E-state index in [0.29, 0.717) is 5.92 Å². The van der Waals surface area contributed by atoms with Crippen molar-refractivity contribution in [2.75, 3.05) is 12.4 Å². The monoisotopic (exact) mass is 474 g/mol. The SMILES string of the molecule is CCc1ccccc1NC(=O)c1c(N=Cc2ccc(OC)cc2)sc2c1CC[C@@H](C(C)(C)C)C2. The maximum atomic E-state index is 13.6. The number of aliphatic imine (C=N–C) groups is 1. The number of aryl methyl sites for hydroxylation is 1. The molecule has 1 aliphatic rings. The predicted octanol–water partition coefficient (Wildman–Crippen LogP) is 7.47. The van der Waals surface area contributed by atoms with Crippen LogP contribution in [0.2, 0.25) is 0 Å². The Morgan fingerprint density at radius 2 is 1.91 bits per heavy atom. The van der Waals surface area contributed by atoms with Crippen LogP contribution in [0.15, 0.2) is 53.5 Å². The minimum absolute atomic E-state index is 0.0607. The summed E-state index contributed by atoms with van der Waals surface area (Å²) in [6.45, 7) is 9.05. The molecule has 0 saturated carbocycles. The number of methoxy groups -OCH3 is 1. The Labute approximate surface area is 207 Å². The van der Waals surface area contributed by atoms with Crippen LogP contribution in [-0.2, 0) is 19.3 Å². The van der Waals surface area contributed by atoms with Crippen molar-refractivity contribution < 1.29 is 9.53 Å². The number of anilines is 1. The van der Waals surface area contributed by atoms with Gasteiger partial charge in [-0.05, 0) is 84.0 Å². The highest BCUT2D eigenvalue weighted by atomic mass is 32.1. The zero-order valence-corrected chi connectivity index (χ0v) is 21.6. The first-order chi connectivity index (χ1) is 16.3. The largest absolute Gasteiger partial charge is 0.497 e. The number of rotatable bonds is 6. The van der Waals surface area contributed by atoms with Gasteiger partial charge in [0.1, 0.15) is 10.8 Å². The molecule has 0 saturated heterocycles. The van der Waals surface area contributed by atoms with E-state index in [-0.39, 0.29) is 11.3 Å². The van der Waals surface area contributed by atoms with Gasteiger partial charge in [-0.3, -0.25) is 4.79 Å². The quantitative estimate of drug-likeness (QED) is 0.377. The molecule has 1 amide bonds. The van der Waals surface area contributed by atoms with Crippen LogP contribution in [0.1, 0.15) is 66.0 Å². The molecule has 0 fully saturated rings. The first-order valence-corrected chi connectivity index (χ1v) is 12.8. The van der Waals surface area contributed by atoms with Crippen molar-refractivity contribution in [1.29, 1.82) is 0 Å². The van der Waals surface area contributed by atoms with E-state index in [4.69, 9.17) is 9.73 Å². The Morgan fingerprint density at radius 1 is 1.18 bits per heavy atom. The number of nitrogens with one attached hydrogen (secondary N) is 1. The lowest BCUT2D eigenvalue weighted by Gasteiger charge is -2.33. The summed E-state index contributed by atoms with van der Waals surface area (Å²) in [5, 5.41) is 3.98. The topological polar surface area (TPSA) is 50.7 Å². The van der Waals surface area contributed by atoms with E-state index in [0.717, 1.165) is 58.8 Å². The lowest BCUT2D eigenvalue weighted by Crippen LogP contribution is -2.27. The number of hydrogen-bond acceptors (Lipinski definition) is 4. The molecule has 2 aromatic carbocycles. The summed E-state index contributed by atoms with van der Waals surface area (Å²) >= 11 is 1.67. The fourth-order valence-corrected chi connectivity index (χ4v) is 5.86. The average Bonchev–Trinajstić information content (AvgIpc) is 3.20. The van der Waals surface area contributed by atoms with Gasteiger partial charge in [0.25, 0.3) is 5.91 Å². The van der Waals surface area contributed by atoms with Crippen LogP contribution in [-0.4, -0.2) is 19.2 Å². The molecular formula is C29H34N2O2S. The summed E-state index contributed by atoms with van der Waals surface area (Å²) in [6, 6.07) is 15.8. The maximum Gasteiger partial charge on any atom is 0.259 e. The van der Waals surface area contributed by atoms with Crippen molar-refractivity contribution in [3.8, 4) is 5.75 Å².